The van der Waals surface area contributed by atoms with Crippen molar-refractivity contribution in [3.63, 3.8) is 0 Å². The molecule has 9 heteroatoms. The Labute approximate surface area is 315 Å². The van der Waals surface area contributed by atoms with E-state index in [1.807, 2.05) is 56.3 Å². The van der Waals surface area contributed by atoms with Gasteiger partial charge in [-0.15, -0.1) is 0 Å². The number of aliphatic hydroxyl groups excluding tert-OH is 1. The van der Waals surface area contributed by atoms with Gasteiger partial charge in [0.1, 0.15) is 17.9 Å². The topological polar surface area (TPSA) is 121 Å². The molecule has 0 saturated heterocycles. The third-order valence-electron chi connectivity index (χ3n) is 12.5. The van der Waals surface area contributed by atoms with Crippen LogP contribution in [-0.2, 0) is 30.1 Å². The van der Waals surface area contributed by atoms with Crippen molar-refractivity contribution in [2.24, 2.45) is 11.3 Å². The summed E-state index contributed by atoms with van der Waals surface area (Å²) in [5.41, 5.74) is 0.633. The summed E-state index contributed by atoms with van der Waals surface area (Å²) < 4.78 is 11.4. The predicted octanol–water partition coefficient (Wildman–Crippen LogP) is 7.23. The van der Waals surface area contributed by atoms with E-state index in [-0.39, 0.29) is 25.0 Å². The molecule has 2 aromatic rings. The van der Waals surface area contributed by atoms with E-state index in [4.69, 9.17) is 19.2 Å². The lowest BCUT2D eigenvalue weighted by Gasteiger charge is -2.55. The summed E-state index contributed by atoms with van der Waals surface area (Å²) in [5, 5.41) is 34.3. The maximum absolute atomic E-state index is 13.5. The fourth-order valence-corrected chi connectivity index (χ4v) is 9.76. The van der Waals surface area contributed by atoms with Crippen LogP contribution in [0.15, 0.2) is 78.4 Å². The van der Waals surface area contributed by atoms with Gasteiger partial charge in [-0.25, -0.2) is 14.6 Å². The fourth-order valence-electron chi connectivity index (χ4n) is 9.76. The molecular weight excluding hydrogens is 668 g/mol. The monoisotopic (exact) mass is 726 g/mol. The van der Waals surface area contributed by atoms with E-state index in [2.05, 4.69) is 55.2 Å². The van der Waals surface area contributed by atoms with Crippen molar-refractivity contribution in [2.45, 2.75) is 101 Å². The molecule has 2 heterocycles. The first-order valence-corrected chi connectivity index (χ1v) is 19.1. The van der Waals surface area contributed by atoms with E-state index in [0.717, 1.165) is 47.3 Å². The number of nitriles is 1. The van der Waals surface area contributed by atoms with Crippen LogP contribution in [0.3, 0.4) is 0 Å². The Balaban J connectivity index is 1.81. The van der Waals surface area contributed by atoms with Crippen molar-refractivity contribution in [1.82, 2.24) is 4.90 Å². The molecule has 1 fully saturated rings. The number of rotatable bonds is 12. The highest BCUT2D eigenvalue weighted by Gasteiger charge is 2.62. The Hall–Kier alpha value is -3.78. The molecule has 2 bridgehead atoms. The van der Waals surface area contributed by atoms with Gasteiger partial charge in [-0.2, -0.15) is 5.26 Å². The van der Waals surface area contributed by atoms with Gasteiger partial charge in [0, 0.05) is 29.5 Å². The first kappa shape index (κ1) is 40.4. The van der Waals surface area contributed by atoms with Crippen LogP contribution in [0.25, 0.3) is 5.57 Å². The summed E-state index contributed by atoms with van der Waals surface area (Å²) in [6, 6.07) is 18.8. The molecule has 1 saturated carbocycles. The van der Waals surface area contributed by atoms with Crippen molar-refractivity contribution in [3.8, 4) is 11.8 Å². The Morgan fingerprint density at radius 1 is 1.08 bits per heavy atom. The second-order valence-electron chi connectivity index (χ2n) is 15.3. The zero-order valence-corrected chi connectivity index (χ0v) is 32.6. The average Bonchev–Trinajstić information content (AvgIpc) is 3.25. The molecule has 53 heavy (non-hydrogen) atoms. The van der Waals surface area contributed by atoms with E-state index in [9.17, 15) is 20.3 Å². The minimum absolute atomic E-state index is 0.0161. The molecule has 9 nitrogen and oxygen atoms in total. The standard InChI is InChI=1S/C44H58N2O7/c1-8-20-41(10-3)28-42(11-4,29-44(49,39(41)47)40(48)51-6)35-17-18-38(50-5)36(23-35)43(30-53-52-7)24-31-22-32(9-2)37(26-45)46(27-31)21-19-34(25-43)33-15-13-12-14-16-33/h8,12-18,20,22-23,25,31,37,39,47,49H,9-11,19,21,24,27-30H2,1-7H3/b20-8-,34-25?/t31-,37?,39?,41-,42-,43+,44?/m1/s1. The number of allylic oxidation sites excluding steroid dienone is 1. The third kappa shape index (κ3) is 7.50. The molecule has 0 spiro atoms. The fraction of sp³-hybridized carbons (Fsp3) is 0.545. The van der Waals surface area contributed by atoms with Crippen LogP contribution >= 0.6 is 0 Å². The van der Waals surface area contributed by atoms with Crippen LogP contribution < -0.4 is 4.74 Å². The van der Waals surface area contributed by atoms with Gasteiger partial charge in [0.15, 0.2) is 5.60 Å². The van der Waals surface area contributed by atoms with E-state index in [1.54, 1.807) is 7.11 Å². The zero-order valence-electron chi connectivity index (χ0n) is 32.6. The number of carbonyl (C=O) groups excluding carboxylic acids is 1. The van der Waals surface area contributed by atoms with Gasteiger partial charge in [0.25, 0.3) is 0 Å². The molecule has 4 unspecified atom stereocenters. The number of carbonyl (C=O) groups is 1. The summed E-state index contributed by atoms with van der Waals surface area (Å²) in [4.78, 5) is 27.1. The SMILES string of the molecule is C/C=C\[C@]1(CC)C[C@@](CC)(c2ccc(OC)c([C@]3(COOC)C=C(c4ccccc4)CCN4C[C@H](C=C(CC)C4C#N)C3)c2)CC(O)(C(=O)OC)C1O. The van der Waals surface area contributed by atoms with E-state index in [1.165, 1.54) is 14.2 Å². The van der Waals surface area contributed by atoms with Crippen molar-refractivity contribution in [3.05, 3.63) is 95.1 Å². The van der Waals surface area contributed by atoms with Gasteiger partial charge in [0.2, 0.25) is 0 Å². The summed E-state index contributed by atoms with van der Waals surface area (Å²) in [7, 11) is 4.44. The highest BCUT2D eigenvalue weighted by atomic mass is 17.2. The predicted molar refractivity (Wildman–Crippen MR) is 206 cm³/mol. The number of ether oxygens (including phenoxy) is 2. The van der Waals surface area contributed by atoms with Crippen LogP contribution in [0.2, 0.25) is 0 Å². The Bertz CT molecular complexity index is 1730. The van der Waals surface area contributed by atoms with Gasteiger partial charge in [-0.3, -0.25) is 4.90 Å². The largest absolute Gasteiger partial charge is 0.496 e. The number of hydrogen-bond donors (Lipinski definition) is 2. The molecule has 1 aliphatic carbocycles. The highest BCUT2D eigenvalue weighted by molar-refractivity contribution is 5.81. The van der Waals surface area contributed by atoms with Crippen molar-refractivity contribution >= 4 is 11.5 Å². The third-order valence-corrected chi connectivity index (χ3v) is 12.5. The highest BCUT2D eigenvalue weighted by Crippen LogP contribution is 2.57. The van der Waals surface area contributed by atoms with E-state index in [0.29, 0.717) is 37.9 Å². The lowest BCUT2D eigenvalue weighted by molar-refractivity contribution is -0.280. The quantitative estimate of drug-likeness (QED) is 0.101. The smallest absolute Gasteiger partial charge is 0.340 e. The molecule has 3 aliphatic rings. The summed E-state index contributed by atoms with van der Waals surface area (Å²) in [5.74, 6) is -0.0722. The van der Waals surface area contributed by atoms with Crippen LogP contribution in [-0.4, -0.2) is 79.9 Å². The molecule has 2 aliphatic heterocycles. The lowest BCUT2D eigenvalue weighted by atomic mass is 9.51. The summed E-state index contributed by atoms with van der Waals surface area (Å²) in [6.07, 6.45) is 10.8. The maximum Gasteiger partial charge on any atom is 0.340 e. The molecular formula is C44H58N2O7. The van der Waals surface area contributed by atoms with Gasteiger partial charge in [-0.1, -0.05) is 87.5 Å². The van der Waals surface area contributed by atoms with Crippen molar-refractivity contribution in [1.29, 1.82) is 5.26 Å². The van der Waals surface area contributed by atoms with Gasteiger partial charge in [-0.05, 0) is 91.5 Å². The summed E-state index contributed by atoms with van der Waals surface area (Å²) in [6.45, 7) is 9.70. The van der Waals surface area contributed by atoms with E-state index >= 15 is 0 Å². The molecule has 0 amide bonds. The zero-order chi connectivity index (χ0) is 38.4. The molecule has 2 aromatic carbocycles. The number of nitrogens with zero attached hydrogens (tertiary/aromatic N) is 2. The second-order valence-corrected chi connectivity index (χ2v) is 15.3. The average molecular weight is 727 g/mol. The lowest BCUT2D eigenvalue weighted by Crippen LogP contribution is -2.65. The normalized spacial score (nSPS) is 33.1. The summed E-state index contributed by atoms with van der Waals surface area (Å²) >= 11 is 0. The maximum atomic E-state index is 13.5. The van der Waals surface area contributed by atoms with Crippen LogP contribution in [0.4, 0.5) is 0 Å². The Kier molecular flexibility index (Phi) is 12.7. The molecule has 5 rings (SSSR count). The second kappa shape index (κ2) is 16.7. The first-order chi connectivity index (χ1) is 25.5. The molecule has 2 N–H and O–H groups in total. The number of hydrogen-bond acceptors (Lipinski definition) is 9. The van der Waals surface area contributed by atoms with Crippen LogP contribution in [0, 0.1) is 22.7 Å². The van der Waals surface area contributed by atoms with Crippen molar-refractivity contribution < 1.29 is 34.3 Å². The number of esters is 1. The Morgan fingerprint density at radius 2 is 1.83 bits per heavy atom. The minimum Gasteiger partial charge on any atom is -0.496 e. The number of benzene rings is 2. The molecule has 286 valence electrons. The number of aliphatic hydroxyl groups is 2. The molecule has 0 aromatic heterocycles. The van der Waals surface area contributed by atoms with E-state index < -0.39 is 33.9 Å². The van der Waals surface area contributed by atoms with Crippen LogP contribution in [0.5, 0.6) is 5.75 Å². The number of fused-ring (bicyclic) bond motifs is 2. The first-order valence-electron chi connectivity index (χ1n) is 19.1. The Morgan fingerprint density at radius 3 is 2.43 bits per heavy atom. The van der Waals surface area contributed by atoms with Gasteiger partial charge >= 0.3 is 5.97 Å². The van der Waals surface area contributed by atoms with Crippen molar-refractivity contribution in [2.75, 3.05) is 41.0 Å². The molecule has 0 radical (unpaired) electrons. The van der Waals surface area contributed by atoms with Gasteiger partial charge in [0.05, 0.1) is 34.0 Å². The van der Waals surface area contributed by atoms with Gasteiger partial charge < -0.3 is 19.7 Å². The molecule has 8 atom stereocenters. The minimum atomic E-state index is -2.14. The van der Waals surface area contributed by atoms with Crippen LogP contribution in [0.1, 0.15) is 89.3 Å². The number of methoxy groups -OCH3 is 2.